The number of nitrogens with one attached hydrogen (secondary N) is 1. The highest BCUT2D eigenvalue weighted by Crippen LogP contribution is 2.27. The van der Waals surface area contributed by atoms with E-state index in [0.717, 1.165) is 11.1 Å². The standard InChI is InChI=1S/C21H26N2O4/c1-15-8-10-18(19(12-15)26-4)27-14-20(24)22-17-7-5-6-16(13-17)9-11-21(25)23(2)3/h5-8,10,12-13H,9,11,14H2,1-4H3,(H,22,24). The van der Waals surface area contributed by atoms with Gasteiger partial charge in [0.15, 0.2) is 18.1 Å². The van der Waals surface area contributed by atoms with E-state index in [1.807, 2.05) is 43.3 Å². The van der Waals surface area contributed by atoms with Crippen LogP contribution in [0.3, 0.4) is 0 Å². The fraction of sp³-hybridized carbons (Fsp3) is 0.333. The molecule has 6 heteroatoms. The molecule has 0 aliphatic rings. The monoisotopic (exact) mass is 370 g/mol. The summed E-state index contributed by atoms with van der Waals surface area (Å²) in [6.45, 7) is 1.83. The van der Waals surface area contributed by atoms with E-state index in [2.05, 4.69) is 5.32 Å². The van der Waals surface area contributed by atoms with Crippen molar-refractivity contribution in [1.29, 1.82) is 0 Å². The molecule has 2 aromatic rings. The predicted molar refractivity (Wildman–Crippen MR) is 105 cm³/mol. The fourth-order valence-corrected chi connectivity index (χ4v) is 2.51. The Morgan fingerprint density at radius 1 is 1.07 bits per heavy atom. The molecule has 27 heavy (non-hydrogen) atoms. The van der Waals surface area contributed by atoms with Crippen molar-refractivity contribution >= 4 is 17.5 Å². The molecule has 0 saturated heterocycles. The number of ether oxygens (including phenoxy) is 2. The van der Waals surface area contributed by atoms with Gasteiger partial charge in [-0.3, -0.25) is 9.59 Å². The number of amides is 2. The second kappa shape index (κ2) is 9.62. The van der Waals surface area contributed by atoms with Crippen LogP contribution in [-0.2, 0) is 16.0 Å². The summed E-state index contributed by atoms with van der Waals surface area (Å²) in [4.78, 5) is 25.5. The Kier molecular flexibility index (Phi) is 7.23. The number of nitrogens with zero attached hydrogens (tertiary/aromatic N) is 1. The summed E-state index contributed by atoms with van der Waals surface area (Å²) in [5, 5.41) is 2.81. The van der Waals surface area contributed by atoms with Gasteiger partial charge in [-0.15, -0.1) is 0 Å². The van der Waals surface area contributed by atoms with Crippen molar-refractivity contribution in [2.75, 3.05) is 33.1 Å². The number of benzene rings is 2. The van der Waals surface area contributed by atoms with Crippen LogP contribution in [0.2, 0.25) is 0 Å². The van der Waals surface area contributed by atoms with Crippen LogP contribution in [0.25, 0.3) is 0 Å². The Labute approximate surface area is 160 Å². The lowest BCUT2D eigenvalue weighted by Crippen LogP contribution is -2.22. The summed E-state index contributed by atoms with van der Waals surface area (Å²) in [6.07, 6.45) is 1.05. The molecule has 2 aromatic carbocycles. The molecule has 0 fully saturated rings. The van der Waals surface area contributed by atoms with Gasteiger partial charge in [-0.1, -0.05) is 18.2 Å². The van der Waals surface area contributed by atoms with E-state index >= 15 is 0 Å². The van der Waals surface area contributed by atoms with Gasteiger partial charge in [0.1, 0.15) is 0 Å². The zero-order valence-corrected chi connectivity index (χ0v) is 16.2. The van der Waals surface area contributed by atoms with E-state index in [9.17, 15) is 9.59 Å². The predicted octanol–water partition coefficient (Wildman–Crippen LogP) is 3.04. The van der Waals surface area contributed by atoms with Gasteiger partial charge in [0, 0.05) is 26.2 Å². The molecule has 0 heterocycles. The van der Waals surface area contributed by atoms with Crippen LogP contribution in [0.5, 0.6) is 11.5 Å². The average Bonchev–Trinajstić information content (AvgIpc) is 2.65. The van der Waals surface area contributed by atoms with Gasteiger partial charge < -0.3 is 19.7 Å². The van der Waals surface area contributed by atoms with Gasteiger partial charge in [0.2, 0.25) is 5.91 Å². The first-order chi connectivity index (χ1) is 12.9. The lowest BCUT2D eigenvalue weighted by Gasteiger charge is -2.12. The highest BCUT2D eigenvalue weighted by atomic mass is 16.5. The molecule has 144 valence electrons. The van der Waals surface area contributed by atoms with Crippen molar-refractivity contribution in [2.24, 2.45) is 0 Å². The first kappa shape index (κ1) is 20.3. The zero-order chi connectivity index (χ0) is 19.8. The maximum atomic E-state index is 12.2. The molecule has 0 spiro atoms. The minimum atomic E-state index is -0.265. The Bertz CT molecular complexity index is 803. The van der Waals surface area contributed by atoms with Crippen molar-refractivity contribution in [1.82, 2.24) is 4.90 Å². The Morgan fingerprint density at radius 3 is 2.56 bits per heavy atom. The fourth-order valence-electron chi connectivity index (χ4n) is 2.51. The molecule has 6 nitrogen and oxygen atoms in total. The number of carbonyl (C=O) groups is 2. The molecule has 0 atom stereocenters. The number of rotatable bonds is 8. The average molecular weight is 370 g/mol. The lowest BCUT2D eigenvalue weighted by atomic mass is 10.1. The first-order valence-corrected chi connectivity index (χ1v) is 8.75. The molecule has 1 N–H and O–H groups in total. The maximum Gasteiger partial charge on any atom is 0.262 e. The van der Waals surface area contributed by atoms with Gasteiger partial charge >= 0.3 is 0 Å². The summed E-state index contributed by atoms with van der Waals surface area (Å²) in [7, 11) is 5.04. The van der Waals surface area contributed by atoms with Crippen LogP contribution in [0.1, 0.15) is 17.5 Å². The van der Waals surface area contributed by atoms with Crippen LogP contribution in [0.15, 0.2) is 42.5 Å². The minimum absolute atomic E-state index is 0.0740. The van der Waals surface area contributed by atoms with Gasteiger partial charge in [0.05, 0.1) is 7.11 Å². The molecule has 2 rings (SSSR count). The van der Waals surface area contributed by atoms with E-state index in [4.69, 9.17) is 9.47 Å². The van der Waals surface area contributed by atoms with Crippen LogP contribution in [0, 0.1) is 6.92 Å². The molecule has 0 saturated carbocycles. The lowest BCUT2D eigenvalue weighted by molar-refractivity contribution is -0.128. The van der Waals surface area contributed by atoms with Crippen LogP contribution >= 0.6 is 0 Å². The van der Waals surface area contributed by atoms with Crippen molar-refractivity contribution in [3.8, 4) is 11.5 Å². The van der Waals surface area contributed by atoms with Crippen LogP contribution in [0.4, 0.5) is 5.69 Å². The molecule has 0 aliphatic heterocycles. The number of hydrogen-bond acceptors (Lipinski definition) is 4. The van der Waals surface area contributed by atoms with E-state index in [1.54, 1.807) is 32.2 Å². The number of anilines is 1. The molecular weight excluding hydrogens is 344 g/mol. The van der Waals surface area contributed by atoms with Gasteiger partial charge in [-0.2, -0.15) is 0 Å². The van der Waals surface area contributed by atoms with E-state index < -0.39 is 0 Å². The van der Waals surface area contributed by atoms with Crippen molar-refractivity contribution in [2.45, 2.75) is 19.8 Å². The number of carbonyl (C=O) groups excluding carboxylic acids is 2. The van der Waals surface area contributed by atoms with Crippen molar-refractivity contribution in [3.63, 3.8) is 0 Å². The van der Waals surface area contributed by atoms with E-state index in [1.165, 1.54) is 0 Å². The summed E-state index contributed by atoms with van der Waals surface area (Å²) >= 11 is 0. The zero-order valence-electron chi connectivity index (χ0n) is 16.2. The minimum Gasteiger partial charge on any atom is -0.493 e. The second-order valence-electron chi connectivity index (χ2n) is 6.48. The van der Waals surface area contributed by atoms with Crippen molar-refractivity contribution < 1.29 is 19.1 Å². The smallest absolute Gasteiger partial charge is 0.262 e. The summed E-state index contributed by atoms with van der Waals surface area (Å²) in [5.41, 5.74) is 2.71. The number of hydrogen-bond donors (Lipinski definition) is 1. The van der Waals surface area contributed by atoms with Gasteiger partial charge in [0.25, 0.3) is 5.91 Å². The van der Waals surface area contributed by atoms with Gasteiger partial charge in [-0.25, -0.2) is 0 Å². The van der Waals surface area contributed by atoms with Gasteiger partial charge in [-0.05, 0) is 48.7 Å². The largest absolute Gasteiger partial charge is 0.493 e. The molecule has 0 bridgehead atoms. The molecule has 0 radical (unpaired) electrons. The molecule has 0 aromatic heterocycles. The highest BCUT2D eigenvalue weighted by molar-refractivity contribution is 5.92. The molecule has 2 amide bonds. The number of aryl methyl sites for hydroxylation is 2. The summed E-state index contributed by atoms with van der Waals surface area (Å²) < 4.78 is 10.8. The highest BCUT2D eigenvalue weighted by Gasteiger charge is 2.09. The number of methoxy groups -OCH3 is 1. The summed E-state index contributed by atoms with van der Waals surface area (Å²) in [6, 6.07) is 13.0. The second-order valence-corrected chi connectivity index (χ2v) is 6.48. The third kappa shape index (κ3) is 6.33. The molecular formula is C21H26N2O4. The van der Waals surface area contributed by atoms with E-state index in [-0.39, 0.29) is 18.4 Å². The van der Waals surface area contributed by atoms with E-state index in [0.29, 0.717) is 30.0 Å². The Balaban J connectivity index is 1.90. The maximum absolute atomic E-state index is 12.2. The van der Waals surface area contributed by atoms with Crippen molar-refractivity contribution in [3.05, 3.63) is 53.6 Å². The normalized spacial score (nSPS) is 10.2. The molecule has 0 aliphatic carbocycles. The van der Waals surface area contributed by atoms with Crippen LogP contribution in [-0.4, -0.2) is 44.5 Å². The quantitative estimate of drug-likeness (QED) is 0.776. The first-order valence-electron chi connectivity index (χ1n) is 8.75. The SMILES string of the molecule is COc1cc(C)ccc1OCC(=O)Nc1cccc(CCC(=O)N(C)C)c1. The summed E-state index contributed by atoms with van der Waals surface area (Å²) in [5.74, 6) is 0.925. The third-order valence-corrected chi connectivity index (χ3v) is 4.01. The third-order valence-electron chi connectivity index (χ3n) is 4.01. The Morgan fingerprint density at radius 2 is 1.85 bits per heavy atom. The Hall–Kier alpha value is -3.02. The van der Waals surface area contributed by atoms with Crippen LogP contribution < -0.4 is 14.8 Å². The topological polar surface area (TPSA) is 67.9 Å². The molecule has 0 unspecified atom stereocenters.